The van der Waals surface area contributed by atoms with E-state index < -0.39 is 0 Å². The van der Waals surface area contributed by atoms with Crippen molar-refractivity contribution in [3.05, 3.63) is 40.5 Å². The number of rotatable bonds is 3. The third-order valence-corrected chi connectivity index (χ3v) is 2.96. The molecular formula is C10H12BrN3O. The maximum Gasteiger partial charge on any atom is 0.174 e. The van der Waals surface area contributed by atoms with Crippen molar-refractivity contribution in [1.29, 1.82) is 0 Å². The summed E-state index contributed by atoms with van der Waals surface area (Å²) in [6, 6.07) is 1.66. The van der Waals surface area contributed by atoms with Gasteiger partial charge in [0, 0.05) is 23.9 Å². The smallest absolute Gasteiger partial charge is 0.174 e. The van der Waals surface area contributed by atoms with Crippen molar-refractivity contribution in [2.24, 2.45) is 5.73 Å². The first kappa shape index (κ1) is 10.4. The molecule has 2 N–H and O–H groups in total. The summed E-state index contributed by atoms with van der Waals surface area (Å²) in [6.45, 7) is 2.88. The molecule has 2 aromatic rings. The monoisotopic (exact) mass is 269 g/mol. The molecule has 0 radical (unpaired) electrons. The minimum Gasteiger partial charge on any atom is -0.457 e. The van der Waals surface area contributed by atoms with Gasteiger partial charge in [0.15, 0.2) is 4.67 Å². The van der Waals surface area contributed by atoms with Crippen LogP contribution in [-0.4, -0.2) is 9.78 Å². The number of halogens is 1. The van der Waals surface area contributed by atoms with E-state index in [-0.39, 0.29) is 6.04 Å². The summed E-state index contributed by atoms with van der Waals surface area (Å²) in [5, 5.41) is 4.19. The van der Waals surface area contributed by atoms with Crippen LogP contribution in [0.3, 0.4) is 0 Å². The molecule has 0 bridgehead atoms. The lowest BCUT2D eigenvalue weighted by Gasteiger charge is -2.06. The second-order valence-corrected chi connectivity index (χ2v) is 3.98. The largest absolute Gasteiger partial charge is 0.457 e. The van der Waals surface area contributed by atoms with Gasteiger partial charge in [0.1, 0.15) is 0 Å². The minimum atomic E-state index is -0.196. The second kappa shape index (κ2) is 4.20. The van der Waals surface area contributed by atoms with Crippen molar-refractivity contribution in [1.82, 2.24) is 9.78 Å². The number of furan rings is 1. The third kappa shape index (κ3) is 1.98. The summed E-state index contributed by atoms with van der Waals surface area (Å²) in [5.41, 5.74) is 8.01. The Kier molecular flexibility index (Phi) is 2.93. The van der Waals surface area contributed by atoms with Gasteiger partial charge in [-0.2, -0.15) is 5.10 Å². The zero-order valence-corrected chi connectivity index (χ0v) is 9.94. The SMILES string of the molecule is CCn1cc(C(N)c2ccoc2Br)cn1. The average Bonchev–Trinajstić information content (AvgIpc) is 2.84. The highest BCUT2D eigenvalue weighted by molar-refractivity contribution is 9.10. The predicted octanol–water partition coefficient (Wildman–Crippen LogP) is 2.31. The molecule has 0 aliphatic rings. The van der Waals surface area contributed by atoms with E-state index in [9.17, 15) is 0 Å². The minimum absolute atomic E-state index is 0.196. The topological polar surface area (TPSA) is 57.0 Å². The fraction of sp³-hybridized carbons (Fsp3) is 0.300. The molecule has 0 aliphatic heterocycles. The Bertz CT molecular complexity index is 449. The lowest BCUT2D eigenvalue weighted by atomic mass is 10.1. The van der Waals surface area contributed by atoms with E-state index in [0.29, 0.717) is 4.67 Å². The number of nitrogens with zero attached hydrogens (tertiary/aromatic N) is 2. The normalized spacial score (nSPS) is 13.0. The molecule has 0 aliphatic carbocycles. The fourth-order valence-corrected chi connectivity index (χ4v) is 1.91. The highest BCUT2D eigenvalue weighted by Crippen LogP contribution is 2.27. The number of nitrogens with two attached hydrogens (primary N) is 1. The van der Waals surface area contributed by atoms with E-state index in [1.54, 1.807) is 12.5 Å². The van der Waals surface area contributed by atoms with Crippen LogP contribution in [0.15, 0.2) is 33.8 Å². The Morgan fingerprint density at radius 1 is 1.67 bits per heavy atom. The first-order chi connectivity index (χ1) is 7.22. The molecule has 5 heteroatoms. The Balaban J connectivity index is 2.28. The van der Waals surface area contributed by atoms with Crippen molar-refractivity contribution in [2.45, 2.75) is 19.5 Å². The molecule has 2 heterocycles. The molecule has 1 atom stereocenters. The number of aryl methyl sites for hydroxylation is 1. The van der Waals surface area contributed by atoms with Gasteiger partial charge >= 0.3 is 0 Å². The molecule has 0 saturated carbocycles. The summed E-state index contributed by atoms with van der Waals surface area (Å²) in [5.74, 6) is 0. The van der Waals surface area contributed by atoms with E-state index in [1.165, 1.54) is 0 Å². The van der Waals surface area contributed by atoms with Crippen LogP contribution in [0.1, 0.15) is 24.1 Å². The molecule has 0 aromatic carbocycles. The highest BCUT2D eigenvalue weighted by atomic mass is 79.9. The van der Waals surface area contributed by atoms with Gasteiger partial charge < -0.3 is 10.2 Å². The summed E-state index contributed by atoms with van der Waals surface area (Å²) < 4.78 is 7.68. The molecule has 4 nitrogen and oxygen atoms in total. The van der Waals surface area contributed by atoms with Crippen molar-refractivity contribution in [3.8, 4) is 0 Å². The van der Waals surface area contributed by atoms with Gasteiger partial charge in [-0.05, 0) is 28.9 Å². The van der Waals surface area contributed by atoms with E-state index in [0.717, 1.165) is 17.7 Å². The van der Waals surface area contributed by atoms with Crippen molar-refractivity contribution in [2.75, 3.05) is 0 Å². The van der Waals surface area contributed by atoms with Crippen LogP contribution in [0, 0.1) is 0 Å². The van der Waals surface area contributed by atoms with Crippen molar-refractivity contribution < 1.29 is 4.42 Å². The second-order valence-electron chi connectivity index (χ2n) is 3.26. The van der Waals surface area contributed by atoms with Gasteiger partial charge in [-0.3, -0.25) is 4.68 Å². The average molecular weight is 270 g/mol. The molecule has 80 valence electrons. The highest BCUT2D eigenvalue weighted by Gasteiger charge is 2.15. The van der Waals surface area contributed by atoms with E-state index in [1.807, 2.05) is 23.9 Å². The van der Waals surface area contributed by atoms with Crippen LogP contribution in [0.25, 0.3) is 0 Å². The fourth-order valence-electron chi connectivity index (χ4n) is 1.42. The number of hydrogen-bond donors (Lipinski definition) is 1. The molecule has 0 amide bonds. The number of hydrogen-bond acceptors (Lipinski definition) is 3. The zero-order chi connectivity index (χ0) is 10.8. The lowest BCUT2D eigenvalue weighted by Crippen LogP contribution is -2.10. The number of aromatic nitrogens is 2. The first-order valence-electron chi connectivity index (χ1n) is 4.73. The summed E-state index contributed by atoms with van der Waals surface area (Å²) in [6.07, 6.45) is 5.35. The maximum absolute atomic E-state index is 6.09. The van der Waals surface area contributed by atoms with Crippen LogP contribution in [-0.2, 0) is 6.54 Å². The van der Waals surface area contributed by atoms with Gasteiger partial charge in [0.05, 0.1) is 18.5 Å². The zero-order valence-electron chi connectivity index (χ0n) is 8.35. The Morgan fingerprint density at radius 2 is 2.47 bits per heavy atom. The first-order valence-corrected chi connectivity index (χ1v) is 5.52. The molecule has 2 rings (SSSR count). The van der Waals surface area contributed by atoms with Crippen LogP contribution in [0.2, 0.25) is 0 Å². The molecule has 0 spiro atoms. The Hall–Kier alpha value is -1.07. The van der Waals surface area contributed by atoms with Gasteiger partial charge in [-0.1, -0.05) is 0 Å². The van der Waals surface area contributed by atoms with Gasteiger partial charge in [-0.25, -0.2) is 0 Å². The lowest BCUT2D eigenvalue weighted by molar-refractivity contribution is 0.534. The maximum atomic E-state index is 6.09. The van der Waals surface area contributed by atoms with Crippen LogP contribution in [0.5, 0.6) is 0 Å². The standard InChI is InChI=1S/C10H12BrN3O/c1-2-14-6-7(5-13-14)9(12)8-3-4-15-10(8)11/h3-6,9H,2,12H2,1H3. The quantitative estimate of drug-likeness (QED) is 0.931. The molecule has 0 fully saturated rings. The van der Waals surface area contributed by atoms with E-state index >= 15 is 0 Å². The third-order valence-electron chi connectivity index (χ3n) is 2.32. The van der Waals surface area contributed by atoms with Crippen molar-refractivity contribution in [3.63, 3.8) is 0 Å². The van der Waals surface area contributed by atoms with Gasteiger partial charge in [0.2, 0.25) is 0 Å². The van der Waals surface area contributed by atoms with Crippen LogP contribution in [0.4, 0.5) is 0 Å². The molecular weight excluding hydrogens is 258 g/mol. The van der Waals surface area contributed by atoms with Gasteiger partial charge in [0.25, 0.3) is 0 Å². The molecule has 1 unspecified atom stereocenters. The van der Waals surface area contributed by atoms with Crippen LogP contribution < -0.4 is 5.73 Å². The molecule has 15 heavy (non-hydrogen) atoms. The summed E-state index contributed by atoms with van der Waals surface area (Å²) in [7, 11) is 0. The Morgan fingerprint density at radius 3 is 3.00 bits per heavy atom. The van der Waals surface area contributed by atoms with Crippen molar-refractivity contribution >= 4 is 15.9 Å². The summed E-state index contributed by atoms with van der Waals surface area (Å²) >= 11 is 3.31. The van der Waals surface area contributed by atoms with Gasteiger partial charge in [-0.15, -0.1) is 0 Å². The summed E-state index contributed by atoms with van der Waals surface area (Å²) in [4.78, 5) is 0. The predicted molar refractivity (Wildman–Crippen MR) is 60.3 cm³/mol. The molecule has 2 aromatic heterocycles. The Labute approximate surface area is 96.2 Å². The molecule has 0 saturated heterocycles. The van der Waals surface area contributed by atoms with Crippen LogP contribution >= 0.6 is 15.9 Å². The van der Waals surface area contributed by atoms with E-state index in [4.69, 9.17) is 10.2 Å². The van der Waals surface area contributed by atoms with E-state index in [2.05, 4.69) is 21.0 Å².